The van der Waals surface area contributed by atoms with Crippen LogP contribution < -0.4 is 10.2 Å². The Hall–Kier alpha value is -1.35. The summed E-state index contributed by atoms with van der Waals surface area (Å²) in [7, 11) is 0. The van der Waals surface area contributed by atoms with Crippen LogP contribution in [0, 0.1) is 5.41 Å². The molecule has 21 heavy (non-hydrogen) atoms. The van der Waals surface area contributed by atoms with E-state index in [4.69, 9.17) is 0 Å². The van der Waals surface area contributed by atoms with Gasteiger partial charge in [-0.05, 0) is 36.3 Å². The second-order valence-electron chi connectivity index (χ2n) is 7.33. The van der Waals surface area contributed by atoms with E-state index in [-0.39, 0.29) is 0 Å². The number of nitrogens with one attached hydrogen (secondary N) is 1. The first-order chi connectivity index (χ1) is 10.0. The third-order valence-corrected chi connectivity index (χ3v) is 4.56. The van der Waals surface area contributed by atoms with E-state index in [1.807, 2.05) is 12.4 Å². The summed E-state index contributed by atoms with van der Waals surface area (Å²) in [4.78, 5) is 6.81. The van der Waals surface area contributed by atoms with Crippen LogP contribution in [0.2, 0.25) is 0 Å². The Balaban J connectivity index is 1.71. The molecular formula is C18H27N3. The van der Waals surface area contributed by atoms with Crippen molar-refractivity contribution < 1.29 is 0 Å². The van der Waals surface area contributed by atoms with E-state index in [0.717, 1.165) is 32.1 Å². The minimum atomic E-state index is 0.303. The number of aromatic nitrogens is 1. The molecule has 1 N–H and O–H groups in total. The van der Waals surface area contributed by atoms with Gasteiger partial charge in [0.05, 0.1) is 11.9 Å². The zero-order valence-corrected chi connectivity index (χ0v) is 13.5. The van der Waals surface area contributed by atoms with Gasteiger partial charge in [0.25, 0.3) is 0 Å². The highest BCUT2D eigenvalue weighted by molar-refractivity contribution is 5.53. The molecule has 0 radical (unpaired) electrons. The Bertz CT molecular complexity index is 524. The molecule has 1 aliphatic carbocycles. The first-order valence-corrected chi connectivity index (χ1v) is 8.15. The number of hydrogen-bond acceptors (Lipinski definition) is 3. The number of anilines is 1. The Morgan fingerprint density at radius 2 is 2.14 bits per heavy atom. The van der Waals surface area contributed by atoms with Gasteiger partial charge in [0.2, 0.25) is 0 Å². The number of nitrogens with zero attached hydrogens (tertiary/aromatic N) is 2. The Morgan fingerprint density at radius 3 is 2.76 bits per heavy atom. The van der Waals surface area contributed by atoms with E-state index < -0.39 is 0 Å². The van der Waals surface area contributed by atoms with Crippen LogP contribution in [0.1, 0.15) is 45.6 Å². The average molecular weight is 285 g/mol. The molecule has 1 aromatic rings. The van der Waals surface area contributed by atoms with Crippen LogP contribution in [-0.2, 0) is 6.54 Å². The quantitative estimate of drug-likeness (QED) is 0.858. The maximum atomic E-state index is 4.34. The summed E-state index contributed by atoms with van der Waals surface area (Å²) in [5.41, 5.74) is 4.57. The third kappa shape index (κ3) is 3.65. The lowest BCUT2D eigenvalue weighted by Crippen LogP contribution is -2.32. The Labute approximate surface area is 128 Å². The maximum absolute atomic E-state index is 4.34. The Kier molecular flexibility index (Phi) is 4.03. The van der Waals surface area contributed by atoms with Gasteiger partial charge >= 0.3 is 0 Å². The third-order valence-electron chi connectivity index (χ3n) is 4.56. The highest BCUT2D eigenvalue weighted by atomic mass is 15.1. The van der Waals surface area contributed by atoms with Crippen LogP contribution in [0.3, 0.4) is 0 Å². The van der Waals surface area contributed by atoms with Crippen LogP contribution in [0.15, 0.2) is 30.1 Å². The van der Waals surface area contributed by atoms with Gasteiger partial charge in [-0.3, -0.25) is 4.98 Å². The molecule has 3 heteroatoms. The molecule has 0 atom stereocenters. The molecule has 0 aromatic carbocycles. The van der Waals surface area contributed by atoms with Crippen LogP contribution >= 0.6 is 0 Å². The van der Waals surface area contributed by atoms with Gasteiger partial charge in [0, 0.05) is 31.9 Å². The monoisotopic (exact) mass is 285 g/mol. The van der Waals surface area contributed by atoms with Gasteiger partial charge in [0.1, 0.15) is 0 Å². The summed E-state index contributed by atoms with van der Waals surface area (Å²) in [6, 6.07) is 2.91. The molecule has 3 nitrogen and oxygen atoms in total. The van der Waals surface area contributed by atoms with Crippen molar-refractivity contribution >= 4 is 5.69 Å². The summed E-state index contributed by atoms with van der Waals surface area (Å²) in [6.45, 7) is 10.0. The van der Waals surface area contributed by atoms with Gasteiger partial charge in [-0.2, -0.15) is 0 Å². The van der Waals surface area contributed by atoms with Gasteiger partial charge in [-0.15, -0.1) is 0 Å². The summed E-state index contributed by atoms with van der Waals surface area (Å²) >= 11 is 0. The minimum absolute atomic E-state index is 0.303. The molecule has 0 unspecified atom stereocenters. The van der Waals surface area contributed by atoms with Crippen molar-refractivity contribution in [3.8, 4) is 0 Å². The van der Waals surface area contributed by atoms with E-state index in [0.29, 0.717) is 5.41 Å². The fourth-order valence-corrected chi connectivity index (χ4v) is 2.96. The number of hydrogen-bond donors (Lipinski definition) is 1. The lowest BCUT2D eigenvalue weighted by Gasteiger charge is -2.34. The average Bonchev–Trinajstić information content (AvgIpc) is 3.29. The van der Waals surface area contributed by atoms with Gasteiger partial charge in [-0.25, -0.2) is 0 Å². The largest absolute Gasteiger partial charge is 0.366 e. The molecular weight excluding hydrogens is 258 g/mol. The predicted molar refractivity (Wildman–Crippen MR) is 88.5 cm³/mol. The molecule has 2 heterocycles. The van der Waals surface area contributed by atoms with Crippen molar-refractivity contribution in [2.75, 3.05) is 18.0 Å². The first kappa shape index (κ1) is 14.6. The van der Waals surface area contributed by atoms with Crippen LogP contribution in [0.5, 0.6) is 0 Å². The molecule has 1 aliphatic heterocycles. The Morgan fingerprint density at radius 1 is 1.33 bits per heavy atom. The molecule has 1 aromatic heterocycles. The van der Waals surface area contributed by atoms with Crippen molar-refractivity contribution in [3.05, 3.63) is 35.7 Å². The lowest BCUT2D eigenvalue weighted by atomic mass is 9.83. The smallest absolute Gasteiger partial charge is 0.0601 e. The normalized spacial score (nSPS) is 19.6. The number of rotatable bonds is 4. The van der Waals surface area contributed by atoms with E-state index in [1.54, 1.807) is 5.57 Å². The lowest BCUT2D eigenvalue weighted by molar-refractivity contribution is 0.472. The molecule has 0 saturated heterocycles. The SMILES string of the molecule is CC(C)(C)C1=CCN(c2cnccc2CNC2CC2)CC1. The molecule has 1 saturated carbocycles. The van der Waals surface area contributed by atoms with Gasteiger partial charge in [-0.1, -0.05) is 32.4 Å². The summed E-state index contributed by atoms with van der Waals surface area (Å²) < 4.78 is 0. The maximum Gasteiger partial charge on any atom is 0.0601 e. The summed E-state index contributed by atoms with van der Waals surface area (Å²) in [5.74, 6) is 0. The zero-order chi connectivity index (χ0) is 14.9. The molecule has 1 fully saturated rings. The minimum Gasteiger partial charge on any atom is -0.366 e. The summed E-state index contributed by atoms with van der Waals surface area (Å²) in [5, 5.41) is 3.62. The molecule has 0 amide bonds. The summed E-state index contributed by atoms with van der Waals surface area (Å²) in [6.07, 6.45) is 10.2. The first-order valence-electron chi connectivity index (χ1n) is 8.15. The van der Waals surface area contributed by atoms with E-state index in [9.17, 15) is 0 Å². The van der Waals surface area contributed by atoms with Crippen molar-refractivity contribution in [1.29, 1.82) is 0 Å². The second kappa shape index (κ2) is 5.80. The second-order valence-corrected chi connectivity index (χ2v) is 7.33. The van der Waals surface area contributed by atoms with Crippen LogP contribution in [0.4, 0.5) is 5.69 Å². The fraction of sp³-hybridized carbons (Fsp3) is 0.611. The topological polar surface area (TPSA) is 28.2 Å². The highest BCUT2D eigenvalue weighted by Crippen LogP contribution is 2.32. The van der Waals surface area contributed by atoms with Gasteiger partial charge < -0.3 is 10.2 Å². The number of pyridine rings is 1. The van der Waals surface area contributed by atoms with Gasteiger partial charge in [0.15, 0.2) is 0 Å². The van der Waals surface area contributed by atoms with Crippen LogP contribution in [0.25, 0.3) is 0 Å². The fourth-order valence-electron chi connectivity index (χ4n) is 2.96. The zero-order valence-electron chi connectivity index (χ0n) is 13.5. The van der Waals surface area contributed by atoms with Crippen molar-refractivity contribution in [2.45, 2.75) is 52.6 Å². The van der Waals surface area contributed by atoms with Crippen molar-refractivity contribution in [3.63, 3.8) is 0 Å². The van der Waals surface area contributed by atoms with Crippen molar-refractivity contribution in [1.82, 2.24) is 10.3 Å². The molecule has 2 aliphatic rings. The van der Waals surface area contributed by atoms with Crippen molar-refractivity contribution in [2.24, 2.45) is 5.41 Å². The highest BCUT2D eigenvalue weighted by Gasteiger charge is 2.23. The van der Waals surface area contributed by atoms with Crippen LogP contribution in [-0.4, -0.2) is 24.1 Å². The molecule has 3 rings (SSSR count). The predicted octanol–water partition coefficient (Wildman–Crippen LogP) is 3.52. The molecule has 0 spiro atoms. The molecule has 114 valence electrons. The van der Waals surface area contributed by atoms with E-state index in [1.165, 1.54) is 24.1 Å². The standard InChI is InChI=1S/C18H27N3/c1-18(2,3)15-7-10-21(11-8-15)17-13-19-9-6-14(17)12-20-16-4-5-16/h6-7,9,13,16,20H,4-5,8,10-12H2,1-3H3. The van der Waals surface area contributed by atoms with E-state index >= 15 is 0 Å². The van der Waals surface area contributed by atoms with E-state index in [2.05, 4.69) is 48.1 Å². The molecule has 0 bridgehead atoms.